The van der Waals surface area contributed by atoms with Crippen molar-refractivity contribution < 1.29 is 4.42 Å². The summed E-state index contributed by atoms with van der Waals surface area (Å²) in [5.74, 6) is 1.84. The molecule has 4 heteroatoms. The van der Waals surface area contributed by atoms with Crippen LogP contribution in [0.2, 0.25) is 0 Å². The fourth-order valence-electron chi connectivity index (χ4n) is 3.01. The van der Waals surface area contributed by atoms with E-state index in [1.54, 1.807) is 0 Å². The summed E-state index contributed by atoms with van der Waals surface area (Å²) in [7, 11) is 0. The van der Waals surface area contributed by atoms with E-state index >= 15 is 0 Å². The highest BCUT2D eigenvalue weighted by Gasteiger charge is 2.43. The Labute approximate surface area is 140 Å². The Morgan fingerprint density at radius 3 is 2.46 bits per heavy atom. The van der Waals surface area contributed by atoms with Gasteiger partial charge in [-0.15, -0.1) is 0 Å². The minimum absolute atomic E-state index is 0.270. The molecule has 24 heavy (non-hydrogen) atoms. The number of nitriles is 1. The van der Waals surface area contributed by atoms with E-state index in [-0.39, 0.29) is 5.92 Å². The van der Waals surface area contributed by atoms with Gasteiger partial charge in [0.15, 0.2) is 0 Å². The smallest absolute Gasteiger partial charge is 0.232 e. The van der Waals surface area contributed by atoms with Crippen LogP contribution in [0, 0.1) is 11.3 Å². The maximum absolute atomic E-state index is 9.30. The molecule has 0 aliphatic heterocycles. The van der Waals surface area contributed by atoms with E-state index in [0.717, 1.165) is 12.0 Å². The van der Waals surface area contributed by atoms with Gasteiger partial charge in [0.25, 0.3) is 0 Å². The highest BCUT2D eigenvalue weighted by Crippen LogP contribution is 2.54. The largest absolute Gasteiger partial charge is 0.424 e. The van der Waals surface area contributed by atoms with Gasteiger partial charge in [-0.1, -0.05) is 60.7 Å². The van der Waals surface area contributed by atoms with Crippen LogP contribution in [0.1, 0.15) is 41.0 Å². The number of hydrogen-bond donors (Lipinski definition) is 1. The lowest BCUT2D eigenvalue weighted by atomic mass is 10.1. The number of benzene rings is 2. The Bertz CT molecular complexity index is 865. The number of oxazole rings is 1. The molecule has 1 aliphatic rings. The molecule has 0 radical (unpaired) electrons. The SMILES string of the molecule is N#Cc1nc([C@H]2C[C@H]2c2ccccc2)oc1NCc1ccccc1. The predicted octanol–water partition coefficient (Wildman–Crippen LogP) is 4.43. The molecule has 0 saturated heterocycles. The van der Waals surface area contributed by atoms with E-state index in [2.05, 4.69) is 28.5 Å². The van der Waals surface area contributed by atoms with Crippen molar-refractivity contribution in [1.29, 1.82) is 5.26 Å². The monoisotopic (exact) mass is 315 g/mol. The van der Waals surface area contributed by atoms with E-state index in [0.29, 0.717) is 29.9 Å². The molecule has 2 aromatic carbocycles. The molecular formula is C20H17N3O. The molecule has 1 fully saturated rings. The van der Waals surface area contributed by atoms with Crippen LogP contribution in [0.15, 0.2) is 65.1 Å². The Morgan fingerprint density at radius 2 is 1.75 bits per heavy atom. The number of anilines is 1. The van der Waals surface area contributed by atoms with Crippen LogP contribution >= 0.6 is 0 Å². The number of aromatic nitrogens is 1. The number of nitrogens with zero attached hydrogens (tertiary/aromatic N) is 2. The summed E-state index contributed by atoms with van der Waals surface area (Å²) in [6, 6.07) is 22.5. The first-order valence-corrected chi connectivity index (χ1v) is 8.08. The minimum Gasteiger partial charge on any atom is -0.424 e. The molecule has 4 nitrogen and oxygen atoms in total. The molecular weight excluding hydrogens is 298 g/mol. The maximum atomic E-state index is 9.30. The second kappa shape index (κ2) is 6.21. The first-order chi connectivity index (χ1) is 11.8. The van der Waals surface area contributed by atoms with Gasteiger partial charge in [-0.05, 0) is 23.5 Å². The molecule has 0 bridgehead atoms. The summed E-state index contributed by atoms with van der Waals surface area (Å²) >= 11 is 0. The van der Waals surface area contributed by atoms with Gasteiger partial charge in [-0.25, -0.2) is 4.98 Å². The van der Waals surface area contributed by atoms with Gasteiger partial charge in [0.2, 0.25) is 17.5 Å². The van der Waals surface area contributed by atoms with Crippen LogP contribution in [0.4, 0.5) is 5.88 Å². The van der Waals surface area contributed by atoms with Crippen LogP contribution in [-0.4, -0.2) is 4.98 Å². The van der Waals surface area contributed by atoms with Crippen molar-refractivity contribution in [3.63, 3.8) is 0 Å². The first kappa shape index (κ1) is 14.5. The van der Waals surface area contributed by atoms with E-state index in [4.69, 9.17) is 4.42 Å². The fraction of sp³-hybridized carbons (Fsp3) is 0.200. The number of nitrogens with one attached hydrogen (secondary N) is 1. The average Bonchev–Trinajstić information content (AvgIpc) is 3.34. The van der Waals surface area contributed by atoms with Gasteiger partial charge >= 0.3 is 0 Å². The lowest BCUT2D eigenvalue weighted by Crippen LogP contribution is -1.99. The number of hydrogen-bond acceptors (Lipinski definition) is 4. The van der Waals surface area contributed by atoms with Crippen molar-refractivity contribution >= 4 is 5.88 Å². The van der Waals surface area contributed by atoms with Gasteiger partial charge < -0.3 is 9.73 Å². The Hall–Kier alpha value is -3.06. The topological polar surface area (TPSA) is 61.9 Å². The third kappa shape index (κ3) is 2.89. The molecule has 1 heterocycles. The zero-order valence-electron chi connectivity index (χ0n) is 13.1. The summed E-state index contributed by atoms with van der Waals surface area (Å²) in [6.45, 7) is 0.608. The minimum atomic E-state index is 0.270. The van der Waals surface area contributed by atoms with Gasteiger partial charge in [0.1, 0.15) is 6.07 Å². The number of rotatable bonds is 5. The summed E-state index contributed by atoms with van der Waals surface area (Å²) < 4.78 is 5.86. The van der Waals surface area contributed by atoms with Crippen molar-refractivity contribution in [2.24, 2.45) is 0 Å². The zero-order valence-corrected chi connectivity index (χ0v) is 13.1. The summed E-state index contributed by atoms with van der Waals surface area (Å²) in [5.41, 5.74) is 2.77. The third-order valence-corrected chi connectivity index (χ3v) is 4.38. The highest BCUT2D eigenvalue weighted by molar-refractivity contribution is 5.47. The molecule has 0 amide bonds. The first-order valence-electron chi connectivity index (χ1n) is 8.08. The van der Waals surface area contributed by atoms with E-state index < -0.39 is 0 Å². The molecule has 1 aliphatic carbocycles. The molecule has 1 N–H and O–H groups in total. The Morgan fingerprint density at radius 1 is 1.04 bits per heavy atom. The molecule has 4 rings (SSSR count). The Balaban J connectivity index is 1.48. The average molecular weight is 315 g/mol. The Kier molecular flexibility index (Phi) is 3.76. The van der Waals surface area contributed by atoms with E-state index in [1.807, 2.05) is 48.5 Å². The zero-order chi connectivity index (χ0) is 16.4. The van der Waals surface area contributed by atoms with Crippen LogP contribution in [0.3, 0.4) is 0 Å². The molecule has 1 aromatic heterocycles. The second-order valence-corrected chi connectivity index (χ2v) is 6.04. The third-order valence-electron chi connectivity index (χ3n) is 4.38. The molecule has 118 valence electrons. The van der Waals surface area contributed by atoms with Crippen molar-refractivity contribution in [2.45, 2.75) is 24.8 Å². The van der Waals surface area contributed by atoms with Gasteiger partial charge in [0.05, 0.1) is 0 Å². The highest BCUT2D eigenvalue weighted by atomic mass is 16.4. The van der Waals surface area contributed by atoms with Gasteiger partial charge in [-0.3, -0.25) is 0 Å². The molecule has 3 aromatic rings. The van der Waals surface area contributed by atoms with Crippen LogP contribution in [-0.2, 0) is 6.54 Å². The lowest BCUT2D eigenvalue weighted by Gasteiger charge is -2.02. The second-order valence-electron chi connectivity index (χ2n) is 6.04. The lowest BCUT2D eigenvalue weighted by molar-refractivity contribution is 0.505. The summed E-state index contributed by atoms with van der Waals surface area (Å²) in [5, 5.41) is 12.5. The van der Waals surface area contributed by atoms with Crippen molar-refractivity contribution in [2.75, 3.05) is 5.32 Å². The molecule has 2 atom stereocenters. The standard InChI is InChI=1S/C20H17N3O/c21-12-18-20(22-13-14-7-3-1-4-8-14)24-19(23-18)17-11-16(17)15-9-5-2-6-10-15/h1-10,16-17,22H,11,13H2/t16-,17-/m0/s1. The molecule has 0 spiro atoms. The quantitative estimate of drug-likeness (QED) is 0.756. The van der Waals surface area contributed by atoms with Gasteiger partial charge in [0, 0.05) is 12.5 Å². The van der Waals surface area contributed by atoms with E-state index in [9.17, 15) is 5.26 Å². The maximum Gasteiger partial charge on any atom is 0.232 e. The van der Waals surface area contributed by atoms with Crippen LogP contribution < -0.4 is 5.32 Å². The van der Waals surface area contributed by atoms with E-state index in [1.165, 1.54) is 5.56 Å². The predicted molar refractivity (Wildman–Crippen MR) is 91.5 cm³/mol. The summed E-state index contributed by atoms with van der Waals surface area (Å²) in [4.78, 5) is 4.39. The molecule has 1 saturated carbocycles. The van der Waals surface area contributed by atoms with Crippen LogP contribution in [0.25, 0.3) is 0 Å². The van der Waals surface area contributed by atoms with Gasteiger partial charge in [-0.2, -0.15) is 5.26 Å². The van der Waals surface area contributed by atoms with Crippen molar-refractivity contribution in [3.05, 3.63) is 83.4 Å². The molecule has 0 unspecified atom stereocenters. The fourth-order valence-corrected chi connectivity index (χ4v) is 3.01. The summed E-state index contributed by atoms with van der Waals surface area (Å²) in [6.07, 6.45) is 1.02. The van der Waals surface area contributed by atoms with Crippen molar-refractivity contribution in [1.82, 2.24) is 4.98 Å². The normalized spacial score (nSPS) is 18.8. The van der Waals surface area contributed by atoms with Crippen molar-refractivity contribution in [3.8, 4) is 6.07 Å². The van der Waals surface area contributed by atoms with Crippen LogP contribution in [0.5, 0.6) is 0 Å².